The van der Waals surface area contributed by atoms with E-state index in [1.165, 1.54) is 50.6 Å². The van der Waals surface area contributed by atoms with E-state index in [0.717, 1.165) is 17.8 Å². The molecule has 0 unspecified atom stereocenters. The minimum atomic E-state index is -0.244. The fourth-order valence-electron chi connectivity index (χ4n) is 3.82. The molecule has 8 heteroatoms. The van der Waals surface area contributed by atoms with Gasteiger partial charge in [0.15, 0.2) is 11.5 Å². The molecule has 0 bridgehead atoms. The number of nitriles is 1. The van der Waals surface area contributed by atoms with Crippen molar-refractivity contribution in [2.75, 3.05) is 17.2 Å². The van der Waals surface area contributed by atoms with Crippen LogP contribution >= 0.6 is 0 Å². The fourth-order valence-corrected chi connectivity index (χ4v) is 3.82. The zero-order valence-corrected chi connectivity index (χ0v) is 17.4. The Morgan fingerprint density at radius 2 is 1.90 bits per heavy atom. The van der Waals surface area contributed by atoms with E-state index in [-0.39, 0.29) is 11.5 Å². The Morgan fingerprint density at radius 1 is 1.06 bits per heavy atom. The van der Waals surface area contributed by atoms with Crippen molar-refractivity contribution in [3.63, 3.8) is 0 Å². The molecule has 31 heavy (non-hydrogen) atoms. The molecular weight excluding hydrogens is 393 g/mol. The van der Waals surface area contributed by atoms with Gasteiger partial charge in [-0.05, 0) is 49.4 Å². The number of nitrogens with zero attached hydrogens (tertiary/aromatic N) is 5. The van der Waals surface area contributed by atoms with E-state index in [9.17, 15) is 4.39 Å². The van der Waals surface area contributed by atoms with Gasteiger partial charge in [0.1, 0.15) is 23.4 Å². The summed E-state index contributed by atoms with van der Waals surface area (Å²) in [6.45, 7) is 2.59. The number of hydrogen-bond donors (Lipinski definition) is 2. The van der Waals surface area contributed by atoms with Gasteiger partial charge in [0.05, 0.1) is 18.1 Å². The van der Waals surface area contributed by atoms with E-state index >= 15 is 0 Å². The number of nitrogens with one attached hydrogen (secondary N) is 2. The van der Waals surface area contributed by atoms with Crippen molar-refractivity contribution in [1.82, 2.24) is 20.2 Å². The Morgan fingerprint density at radius 3 is 2.61 bits per heavy atom. The van der Waals surface area contributed by atoms with Gasteiger partial charge < -0.3 is 10.6 Å². The lowest BCUT2D eigenvalue weighted by molar-refractivity contribution is 0.373. The SMILES string of the molecule is Cc1cc(-c2nnc(Nc3cnc(C#N)cn3)cc2NCC2CCCCC2)ccc1F. The molecule has 0 aliphatic heterocycles. The van der Waals surface area contributed by atoms with Gasteiger partial charge in [-0.1, -0.05) is 19.3 Å². The average molecular weight is 417 g/mol. The zero-order chi connectivity index (χ0) is 21.6. The smallest absolute Gasteiger partial charge is 0.158 e. The van der Waals surface area contributed by atoms with Crippen LogP contribution in [0.15, 0.2) is 36.7 Å². The highest BCUT2D eigenvalue weighted by Gasteiger charge is 2.16. The van der Waals surface area contributed by atoms with Crippen LogP contribution in [0.4, 0.5) is 21.7 Å². The molecule has 2 heterocycles. The summed E-state index contributed by atoms with van der Waals surface area (Å²) in [7, 11) is 0. The van der Waals surface area contributed by atoms with Crippen molar-refractivity contribution >= 4 is 17.3 Å². The van der Waals surface area contributed by atoms with E-state index in [0.29, 0.717) is 28.8 Å². The van der Waals surface area contributed by atoms with Crippen LogP contribution in [-0.4, -0.2) is 26.7 Å². The van der Waals surface area contributed by atoms with Crippen LogP contribution in [0.5, 0.6) is 0 Å². The number of benzene rings is 1. The summed E-state index contributed by atoms with van der Waals surface area (Å²) in [5.41, 5.74) is 3.12. The second kappa shape index (κ2) is 9.47. The average Bonchev–Trinajstić information content (AvgIpc) is 2.81. The summed E-state index contributed by atoms with van der Waals surface area (Å²) in [4.78, 5) is 8.18. The first kappa shape index (κ1) is 20.7. The van der Waals surface area contributed by atoms with Gasteiger partial charge >= 0.3 is 0 Å². The van der Waals surface area contributed by atoms with E-state index in [2.05, 4.69) is 30.8 Å². The van der Waals surface area contributed by atoms with Crippen molar-refractivity contribution in [3.8, 4) is 17.3 Å². The molecule has 0 atom stereocenters. The van der Waals surface area contributed by atoms with Gasteiger partial charge in [0.2, 0.25) is 0 Å². The summed E-state index contributed by atoms with van der Waals surface area (Å²) < 4.78 is 13.8. The third-order valence-electron chi connectivity index (χ3n) is 5.55. The maximum atomic E-state index is 13.8. The van der Waals surface area contributed by atoms with Gasteiger partial charge in [-0.2, -0.15) is 5.26 Å². The van der Waals surface area contributed by atoms with Crippen molar-refractivity contribution < 1.29 is 4.39 Å². The lowest BCUT2D eigenvalue weighted by Gasteiger charge is -2.23. The van der Waals surface area contributed by atoms with Crippen molar-refractivity contribution in [3.05, 3.63) is 53.7 Å². The molecule has 2 aromatic heterocycles. The Kier molecular flexibility index (Phi) is 6.32. The number of anilines is 3. The highest BCUT2D eigenvalue weighted by atomic mass is 19.1. The molecule has 0 amide bonds. The molecule has 0 saturated heterocycles. The first-order chi connectivity index (χ1) is 15.1. The number of rotatable bonds is 6. The van der Waals surface area contributed by atoms with E-state index in [1.807, 2.05) is 12.1 Å². The number of aromatic nitrogens is 4. The van der Waals surface area contributed by atoms with Crippen LogP contribution in [0, 0.1) is 30.0 Å². The molecule has 7 nitrogen and oxygen atoms in total. The van der Waals surface area contributed by atoms with Crippen LogP contribution in [0.1, 0.15) is 43.4 Å². The predicted molar refractivity (Wildman–Crippen MR) is 117 cm³/mol. The predicted octanol–water partition coefficient (Wildman–Crippen LogP) is 4.99. The van der Waals surface area contributed by atoms with E-state index < -0.39 is 0 Å². The van der Waals surface area contributed by atoms with Crippen LogP contribution in [0.2, 0.25) is 0 Å². The largest absolute Gasteiger partial charge is 0.383 e. The van der Waals surface area contributed by atoms with Gasteiger partial charge in [-0.3, -0.25) is 0 Å². The van der Waals surface area contributed by atoms with Gasteiger partial charge in [-0.15, -0.1) is 10.2 Å². The summed E-state index contributed by atoms with van der Waals surface area (Å²) in [5.74, 6) is 1.36. The normalized spacial score (nSPS) is 14.1. The summed E-state index contributed by atoms with van der Waals surface area (Å²) in [6, 6.07) is 8.78. The maximum absolute atomic E-state index is 13.8. The molecule has 158 valence electrons. The Hall–Kier alpha value is -3.60. The third kappa shape index (κ3) is 5.12. The standard InChI is InChI=1S/C23H24FN7/c1-15-9-17(7-8-19(15)24)23-20(27-12-16-5-3-2-4-6-16)10-21(30-31-23)29-22-14-26-18(11-25)13-28-22/h7-10,13-14,16H,2-6,12H2,1H3,(H2,27,28,29,30). The monoisotopic (exact) mass is 417 g/mol. The topological polar surface area (TPSA) is 99.4 Å². The van der Waals surface area contributed by atoms with Gasteiger partial charge in [-0.25, -0.2) is 14.4 Å². The molecular formula is C23H24FN7. The molecule has 4 rings (SSSR count). The van der Waals surface area contributed by atoms with Crippen LogP contribution in [0.25, 0.3) is 11.3 Å². The number of aryl methyl sites for hydroxylation is 1. The van der Waals surface area contributed by atoms with Crippen LogP contribution in [-0.2, 0) is 0 Å². The highest BCUT2D eigenvalue weighted by molar-refractivity contribution is 5.76. The maximum Gasteiger partial charge on any atom is 0.158 e. The second-order valence-corrected chi connectivity index (χ2v) is 7.86. The molecule has 1 fully saturated rings. The minimum absolute atomic E-state index is 0.244. The Labute approximate surface area is 180 Å². The molecule has 3 aromatic rings. The highest BCUT2D eigenvalue weighted by Crippen LogP contribution is 2.30. The van der Waals surface area contributed by atoms with Crippen molar-refractivity contribution in [2.45, 2.75) is 39.0 Å². The second-order valence-electron chi connectivity index (χ2n) is 7.86. The van der Waals surface area contributed by atoms with E-state index in [4.69, 9.17) is 5.26 Å². The van der Waals surface area contributed by atoms with Gasteiger partial charge in [0, 0.05) is 18.2 Å². The molecule has 1 aliphatic rings. The Bertz CT molecular complexity index is 1090. The summed E-state index contributed by atoms with van der Waals surface area (Å²) in [6.07, 6.45) is 9.18. The number of halogens is 1. The fraction of sp³-hybridized carbons (Fsp3) is 0.348. The third-order valence-corrected chi connectivity index (χ3v) is 5.55. The van der Waals surface area contributed by atoms with Gasteiger partial charge in [0.25, 0.3) is 0 Å². The van der Waals surface area contributed by atoms with Crippen LogP contribution in [0.3, 0.4) is 0 Å². The molecule has 1 saturated carbocycles. The summed E-state index contributed by atoms with van der Waals surface area (Å²) in [5, 5.41) is 24.2. The van der Waals surface area contributed by atoms with Crippen molar-refractivity contribution in [1.29, 1.82) is 5.26 Å². The van der Waals surface area contributed by atoms with Crippen LogP contribution < -0.4 is 10.6 Å². The lowest BCUT2D eigenvalue weighted by atomic mass is 9.89. The summed E-state index contributed by atoms with van der Waals surface area (Å²) >= 11 is 0. The Balaban J connectivity index is 1.61. The van der Waals surface area contributed by atoms with Crippen molar-refractivity contribution in [2.24, 2.45) is 5.92 Å². The molecule has 0 radical (unpaired) electrons. The first-order valence-electron chi connectivity index (χ1n) is 10.5. The number of hydrogen-bond acceptors (Lipinski definition) is 7. The molecule has 1 aromatic carbocycles. The first-order valence-corrected chi connectivity index (χ1v) is 10.5. The van der Waals surface area contributed by atoms with E-state index in [1.54, 1.807) is 19.1 Å². The lowest BCUT2D eigenvalue weighted by Crippen LogP contribution is -2.18. The zero-order valence-electron chi connectivity index (χ0n) is 17.4. The molecule has 1 aliphatic carbocycles. The molecule has 2 N–H and O–H groups in total. The molecule has 0 spiro atoms. The minimum Gasteiger partial charge on any atom is -0.383 e. The quantitative estimate of drug-likeness (QED) is 0.583.